The van der Waals surface area contributed by atoms with E-state index in [0.29, 0.717) is 10.9 Å². The minimum Gasteiger partial charge on any atom is -0.271 e. The van der Waals surface area contributed by atoms with Gasteiger partial charge in [0.1, 0.15) is 5.82 Å². The molecule has 0 amide bonds. The lowest BCUT2D eigenvalue weighted by atomic mass is 9.77. The monoisotopic (exact) mass is 270 g/mol. The zero-order valence-electron chi connectivity index (χ0n) is 10.6. The quantitative estimate of drug-likeness (QED) is 0.647. The van der Waals surface area contributed by atoms with Crippen LogP contribution >= 0.6 is 11.6 Å². The zero-order valence-corrected chi connectivity index (χ0v) is 11.4. The van der Waals surface area contributed by atoms with Gasteiger partial charge < -0.3 is 0 Å². The third-order valence-corrected chi connectivity index (χ3v) is 4.25. The van der Waals surface area contributed by atoms with Crippen molar-refractivity contribution in [2.45, 2.75) is 38.6 Å². The van der Waals surface area contributed by atoms with Crippen LogP contribution in [0.15, 0.2) is 18.2 Å². The van der Waals surface area contributed by atoms with Crippen LogP contribution in [0.5, 0.6) is 0 Å². The normalized spacial score (nSPS) is 26.0. The first-order valence-corrected chi connectivity index (χ1v) is 6.90. The van der Waals surface area contributed by atoms with Gasteiger partial charge in [-0.1, -0.05) is 37.4 Å². The van der Waals surface area contributed by atoms with Crippen LogP contribution in [-0.2, 0) is 0 Å². The molecule has 0 heterocycles. The van der Waals surface area contributed by atoms with Gasteiger partial charge in [0.15, 0.2) is 0 Å². The lowest BCUT2D eigenvalue weighted by Gasteiger charge is -2.33. The van der Waals surface area contributed by atoms with E-state index in [-0.39, 0.29) is 11.9 Å². The Labute approximate surface area is 113 Å². The molecule has 0 aromatic heterocycles. The summed E-state index contributed by atoms with van der Waals surface area (Å²) in [5.41, 5.74) is 3.76. The molecule has 1 aromatic carbocycles. The lowest BCUT2D eigenvalue weighted by Crippen LogP contribution is -2.35. The van der Waals surface area contributed by atoms with E-state index < -0.39 is 0 Å². The molecule has 0 spiro atoms. The van der Waals surface area contributed by atoms with E-state index in [4.69, 9.17) is 17.4 Å². The van der Waals surface area contributed by atoms with Crippen molar-refractivity contribution in [3.63, 3.8) is 0 Å². The van der Waals surface area contributed by atoms with Crippen LogP contribution in [0.4, 0.5) is 4.39 Å². The number of nitrogens with one attached hydrogen (secondary N) is 1. The van der Waals surface area contributed by atoms with E-state index in [1.807, 2.05) is 0 Å². The van der Waals surface area contributed by atoms with Gasteiger partial charge in [0.25, 0.3) is 0 Å². The fourth-order valence-electron chi connectivity index (χ4n) is 3.02. The molecule has 3 unspecified atom stereocenters. The summed E-state index contributed by atoms with van der Waals surface area (Å²) in [5.74, 6) is 6.57. The molecule has 0 bridgehead atoms. The molecule has 18 heavy (non-hydrogen) atoms. The maximum atomic E-state index is 13.1. The Balaban J connectivity index is 2.21. The molecular formula is C14H20ClFN2. The smallest absolute Gasteiger partial charge is 0.124 e. The highest BCUT2D eigenvalue weighted by Gasteiger charge is 2.28. The van der Waals surface area contributed by atoms with Gasteiger partial charge in [-0.3, -0.25) is 11.3 Å². The van der Waals surface area contributed by atoms with E-state index in [1.165, 1.54) is 25.0 Å². The second-order valence-electron chi connectivity index (χ2n) is 5.34. The highest BCUT2D eigenvalue weighted by molar-refractivity contribution is 6.31. The molecule has 0 aliphatic heterocycles. The standard InChI is InChI=1S/C14H20ClFN2/c1-9-3-2-4-10(7-9)14(18-17)12-6-5-11(16)8-13(12)15/h5-6,8-10,14,18H,2-4,7,17H2,1H3. The molecule has 2 rings (SSSR count). The maximum absolute atomic E-state index is 13.1. The number of benzene rings is 1. The number of halogens is 2. The summed E-state index contributed by atoms with van der Waals surface area (Å²) in [6.07, 6.45) is 4.79. The number of hydrogen-bond donors (Lipinski definition) is 2. The molecule has 4 heteroatoms. The molecule has 1 fully saturated rings. The fourth-order valence-corrected chi connectivity index (χ4v) is 3.30. The van der Waals surface area contributed by atoms with E-state index >= 15 is 0 Å². The Morgan fingerprint density at radius 1 is 1.44 bits per heavy atom. The average molecular weight is 271 g/mol. The topological polar surface area (TPSA) is 38.0 Å². The summed E-state index contributed by atoms with van der Waals surface area (Å²) in [6.45, 7) is 2.27. The first-order valence-electron chi connectivity index (χ1n) is 6.53. The second-order valence-corrected chi connectivity index (χ2v) is 5.75. The van der Waals surface area contributed by atoms with Gasteiger partial charge in [-0.2, -0.15) is 0 Å². The predicted octanol–water partition coefficient (Wildman–Crippen LogP) is 3.81. The summed E-state index contributed by atoms with van der Waals surface area (Å²) < 4.78 is 13.1. The summed E-state index contributed by atoms with van der Waals surface area (Å²) in [5, 5.41) is 0.455. The van der Waals surface area contributed by atoms with E-state index in [1.54, 1.807) is 6.07 Å². The Bertz CT molecular complexity index is 411. The Kier molecular flexibility index (Phi) is 4.60. The van der Waals surface area contributed by atoms with Gasteiger partial charge in [0.05, 0.1) is 6.04 Å². The van der Waals surface area contributed by atoms with Gasteiger partial charge in [-0.25, -0.2) is 4.39 Å². The van der Waals surface area contributed by atoms with Crippen molar-refractivity contribution in [1.82, 2.24) is 5.43 Å². The molecule has 0 radical (unpaired) electrons. The molecule has 100 valence electrons. The van der Waals surface area contributed by atoms with Crippen LogP contribution in [0.25, 0.3) is 0 Å². The highest BCUT2D eigenvalue weighted by atomic mass is 35.5. The molecule has 1 aliphatic carbocycles. The number of rotatable bonds is 3. The zero-order chi connectivity index (χ0) is 13.1. The second kappa shape index (κ2) is 6.00. The first-order chi connectivity index (χ1) is 8.61. The summed E-state index contributed by atoms with van der Waals surface area (Å²) in [4.78, 5) is 0. The Morgan fingerprint density at radius 2 is 2.22 bits per heavy atom. The Hall–Kier alpha value is -0.640. The van der Waals surface area contributed by atoms with Crippen LogP contribution in [0.1, 0.15) is 44.2 Å². The summed E-state index contributed by atoms with van der Waals surface area (Å²) in [6, 6.07) is 4.55. The third kappa shape index (κ3) is 3.02. The van der Waals surface area contributed by atoms with Crippen molar-refractivity contribution in [3.05, 3.63) is 34.6 Å². The van der Waals surface area contributed by atoms with Crippen LogP contribution in [0.2, 0.25) is 5.02 Å². The maximum Gasteiger partial charge on any atom is 0.124 e. The van der Waals surface area contributed by atoms with Crippen molar-refractivity contribution < 1.29 is 4.39 Å². The molecule has 1 saturated carbocycles. The number of hydrazine groups is 1. The number of nitrogens with two attached hydrogens (primary N) is 1. The highest BCUT2D eigenvalue weighted by Crippen LogP contribution is 2.38. The molecule has 1 aliphatic rings. The predicted molar refractivity (Wildman–Crippen MR) is 72.6 cm³/mol. The summed E-state index contributed by atoms with van der Waals surface area (Å²) >= 11 is 6.12. The van der Waals surface area contributed by atoms with Gasteiger partial charge >= 0.3 is 0 Å². The van der Waals surface area contributed by atoms with Gasteiger partial charge in [0, 0.05) is 5.02 Å². The third-order valence-electron chi connectivity index (χ3n) is 3.93. The molecule has 0 saturated heterocycles. The van der Waals surface area contributed by atoms with Crippen molar-refractivity contribution in [1.29, 1.82) is 0 Å². The van der Waals surface area contributed by atoms with Gasteiger partial charge in [0.2, 0.25) is 0 Å². The fraction of sp³-hybridized carbons (Fsp3) is 0.571. The largest absolute Gasteiger partial charge is 0.271 e. The van der Waals surface area contributed by atoms with Gasteiger partial charge in [-0.15, -0.1) is 0 Å². The van der Waals surface area contributed by atoms with Crippen molar-refractivity contribution in [2.75, 3.05) is 0 Å². The van der Waals surface area contributed by atoms with Crippen molar-refractivity contribution in [2.24, 2.45) is 17.7 Å². The van der Waals surface area contributed by atoms with Crippen molar-refractivity contribution in [3.8, 4) is 0 Å². The average Bonchev–Trinajstić information content (AvgIpc) is 2.33. The molecule has 3 N–H and O–H groups in total. The van der Waals surface area contributed by atoms with Crippen LogP contribution in [-0.4, -0.2) is 0 Å². The van der Waals surface area contributed by atoms with Crippen molar-refractivity contribution >= 4 is 11.6 Å². The molecule has 1 aromatic rings. The van der Waals surface area contributed by atoms with E-state index in [0.717, 1.165) is 24.3 Å². The van der Waals surface area contributed by atoms with E-state index in [9.17, 15) is 4.39 Å². The molecule has 3 atom stereocenters. The number of hydrogen-bond acceptors (Lipinski definition) is 2. The minimum absolute atomic E-state index is 0.0147. The SMILES string of the molecule is CC1CCCC(C(NN)c2ccc(F)cc2Cl)C1. The van der Waals surface area contributed by atoms with E-state index in [2.05, 4.69) is 12.3 Å². The van der Waals surface area contributed by atoms with Crippen LogP contribution in [0.3, 0.4) is 0 Å². The van der Waals surface area contributed by atoms with Crippen LogP contribution in [0, 0.1) is 17.7 Å². The van der Waals surface area contributed by atoms with Gasteiger partial charge in [-0.05, 0) is 42.4 Å². The van der Waals surface area contributed by atoms with Crippen LogP contribution < -0.4 is 11.3 Å². The summed E-state index contributed by atoms with van der Waals surface area (Å²) in [7, 11) is 0. The molecular weight excluding hydrogens is 251 g/mol. The minimum atomic E-state index is -0.309. The first kappa shape index (κ1) is 13.8. The molecule has 2 nitrogen and oxygen atoms in total. The lowest BCUT2D eigenvalue weighted by molar-refractivity contribution is 0.224. The Morgan fingerprint density at radius 3 is 2.83 bits per heavy atom.